The van der Waals surface area contributed by atoms with Crippen molar-refractivity contribution in [1.82, 2.24) is 10.6 Å². The molecule has 0 bridgehead atoms. The van der Waals surface area contributed by atoms with Gasteiger partial charge in [-0.05, 0) is 74.4 Å². The highest BCUT2D eigenvalue weighted by molar-refractivity contribution is 5.88. The summed E-state index contributed by atoms with van der Waals surface area (Å²) in [5.41, 5.74) is 2.75. The first-order valence-corrected chi connectivity index (χ1v) is 11.3. The van der Waals surface area contributed by atoms with Crippen LogP contribution in [0.5, 0.6) is 5.75 Å². The Morgan fingerprint density at radius 2 is 1.97 bits per heavy atom. The monoisotopic (exact) mass is 440 g/mol. The number of ether oxygens (including phenoxy) is 1. The number of hydrogen-bond acceptors (Lipinski definition) is 3. The van der Waals surface area contributed by atoms with Crippen LogP contribution in [0.1, 0.15) is 50.8 Å². The molecule has 1 amide bonds. The fourth-order valence-corrected chi connectivity index (χ4v) is 3.26. The lowest BCUT2D eigenvalue weighted by Crippen LogP contribution is -2.38. The van der Waals surface area contributed by atoms with Gasteiger partial charge in [0, 0.05) is 25.7 Å². The number of halogens is 1. The van der Waals surface area contributed by atoms with Crippen LogP contribution in [-0.2, 0) is 11.2 Å². The minimum absolute atomic E-state index is 0.0851. The molecule has 0 saturated heterocycles. The van der Waals surface area contributed by atoms with Crippen LogP contribution >= 0.6 is 0 Å². The number of benzene rings is 2. The van der Waals surface area contributed by atoms with Crippen molar-refractivity contribution in [3.63, 3.8) is 0 Å². The van der Waals surface area contributed by atoms with E-state index in [0.29, 0.717) is 30.8 Å². The van der Waals surface area contributed by atoms with Gasteiger partial charge in [-0.1, -0.05) is 18.2 Å². The number of carbonyl (C=O) groups excluding carboxylic acids is 1. The molecule has 2 aromatic carbocycles. The molecule has 2 aromatic rings. The Hall–Kier alpha value is -3.09. The van der Waals surface area contributed by atoms with Crippen LogP contribution in [0.3, 0.4) is 0 Å². The van der Waals surface area contributed by atoms with Gasteiger partial charge in [-0.25, -0.2) is 4.39 Å². The normalized spacial score (nSPS) is 14.6. The third kappa shape index (κ3) is 7.55. The first kappa shape index (κ1) is 23.6. The predicted molar refractivity (Wildman–Crippen MR) is 127 cm³/mol. The maximum Gasteiger partial charge on any atom is 0.221 e. The molecule has 3 N–H and O–H groups in total. The molecule has 1 fully saturated rings. The molecule has 3 rings (SSSR count). The predicted octanol–water partition coefficient (Wildman–Crippen LogP) is 4.43. The topological polar surface area (TPSA) is 74.8 Å². The number of amides is 1. The molecule has 0 heterocycles. The molecule has 6 nitrogen and oxygen atoms in total. The Labute approximate surface area is 189 Å². The summed E-state index contributed by atoms with van der Waals surface area (Å²) >= 11 is 0. The van der Waals surface area contributed by atoms with Gasteiger partial charge < -0.3 is 20.7 Å². The van der Waals surface area contributed by atoms with Gasteiger partial charge >= 0.3 is 0 Å². The van der Waals surface area contributed by atoms with Gasteiger partial charge in [0.15, 0.2) is 17.5 Å². The lowest BCUT2D eigenvalue weighted by molar-refractivity contribution is -0.114. The molecule has 1 saturated carbocycles. The van der Waals surface area contributed by atoms with Gasteiger partial charge in [-0.3, -0.25) is 9.79 Å². The number of hydrogen-bond donors (Lipinski definition) is 3. The van der Waals surface area contributed by atoms with Crippen LogP contribution in [0, 0.1) is 11.7 Å². The maximum absolute atomic E-state index is 14.4. The van der Waals surface area contributed by atoms with Gasteiger partial charge in [-0.15, -0.1) is 0 Å². The molecule has 1 aliphatic carbocycles. The van der Waals surface area contributed by atoms with E-state index in [4.69, 9.17) is 4.74 Å². The quantitative estimate of drug-likeness (QED) is 0.377. The van der Waals surface area contributed by atoms with Crippen LogP contribution < -0.4 is 20.7 Å². The number of guanidine groups is 1. The zero-order chi connectivity index (χ0) is 22.9. The van der Waals surface area contributed by atoms with Crippen LogP contribution in [0.15, 0.2) is 47.5 Å². The van der Waals surface area contributed by atoms with E-state index < -0.39 is 0 Å². The highest BCUT2D eigenvalue weighted by atomic mass is 19.1. The highest BCUT2D eigenvalue weighted by Gasteiger charge is 2.22. The summed E-state index contributed by atoms with van der Waals surface area (Å²) in [6.45, 7) is 7.40. The van der Waals surface area contributed by atoms with Gasteiger partial charge in [0.25, 0.3) is 0 Å². The second kappa shape index (κ2) is 11.5. The van der Waals surface area contributed by atoms with Crippen LogP contribution in [0.25, 0.3) is 0 Å². The third-order valence-electron chi connectivity index (χ3n) is 5.27. The summed E-state index contributed by atoms with van der Waals surface area (Å²) in [6, 6.07) is 12.8. The van der Waals surface area contributed by atoms with E-state index in [2.05, 4.69) is 20.9 Å². The molecular formula is C25H33FN4O2. The SMILES string of the molecule is CCNC(=NCCc1ccc(NC(C)=O)cc1)NC(C)c1ccc(OCC2CC2)c(F)c1. The van der Waals surface area contributed by atoms with E-state index in [1.807, 2.05) is 44.2 Å². The molecule has 1 aliphatic rings. The minimum atomic E-state index is -0.332. The molecule has 0 spiro atoms. The molecule has 172 valence electrons. The van der Waals surface area contributed by atoms with Crippen molar-refractivity contribution in [2.24, 2.45) is 10.9 Å². The first-order chi connectivity index (χ1) is 15.4. The Morgan fingerprint density at radius 3 is 2.59 bits per heavy atom. The fourth-order valence-electron chi connectivity index (χ4n) is 3.26. The average molecular weight is 441 g/mol. The van der Waals surface area contributed by atoms with Crippen molar-refractivity contribution in [3.05, 3.63) is 59.4 Å². The van der Waals surface area contributed by atoms with E-state index in [-0.39, 0.29) is 17.8 Å². The van der Waals surface area contributed by atoms with Crippen LogP contribution in [-0.4, -0.2) is 31.6 Å². The molecule has 0 aromatic heterocycles. The Balaban J connectivity index is 1.54. The lowest BCUT2D eigenvalue weighted by atomic mass is 10.1. The second-order valence-electron chi connectivity index (χ2n) is 8.20. The minimum Gasteiger partial charge on any atom is -0.490 e. The van der Waals surface area contributed by atoms with Crippen molar-refractivity contribution in [3.8, 4) is 5.75 Å². The van der Waals surface area contributed by atoms with E-state index >= 15 is 0 Å². The summed E-state index contributed by atoms with van der Waals surface area (Å²) in [6.07, 6.45) is 3.12. The Morgan fingerprint density at radius 1 is 1.22 bits per heavy atom. The number of rotatable bonds is 10. The lowest BCUT2D eigenvalue weighted by Gasteiger charge is -2.19. The molecule has 32 heavy (non-hydrogen) atoms. The molecular weight excluding hydrogens is 407 g/mol. The average Bonchev–Trinajstić information content (AvgIpc) is 3.58. The summed E-state index contributed by atoms with van der Waals surface area (Å²) in [5, 5.41) is 9.34. The smallest absolute Gasteiger partial charge is 0.221 e. The molecule has 1 unspecified atom stereocenters. The zero-order valence-corrected chi connectivity index (χ0v) is 19.1. The van der Waals surface area contributed by atoms with E-state index in [1.165, 1.54) is 25.8 Å². The van der Waals surface area contributed by atoms with Crippen molar-refractivity contribution in [2.75, 3.05) is 25.0 Å². The number of carbonyl (C=O) groups is 1. The molecule has 0 radical (unpaired) electrons. The number of aliphatic imine (C=N–C) groups is 1. The summed E-state index contributed by atoms with van der Waals surface area (Å²) < 4.78 is 20.0. The fraction of sp³-hybridized carbons (Fsp3) is 0.440. The Kier molecular flexibility index (Phi) is 8.48. The largest absolute Gasteiger partial charge is 0.490 e. The number of nitrogens with zero attached hydrogens (tertiary/aromatic N) is 1. The van der Waals surface area contributed by atoms with E-state index in [9.17, 15) is 9.18 Å². The first-order valence-electron chi connectivity index (χ1n) is 11.3. The summed E-state index contributed by atoms with van der Waals surface area (Å²) in [5.74, 6) is 1.17. The molecule has 1 atom stereocenters. The van der Waals surface area contributed by atoms with Crippen molar-refractivity contribution in [2.45, 2.75) is 46.1 Å². The van der Waals surface area contributed by atoms with Gasteiger partial charge in [0.05, 0.1) is 12.6 Å². The maximum atomic E-state index is 14.4. The number of anilines is 1. The van der Waals surface area contributed by atoms with Crippen LogP contribution in [0.4, 0.5) is 10.1 Å². The van der Waals surface area contributed by atoms with Gasteiger partial charge in [-0.2, -0.15) is 0 Å². The summed E-state index contributed by atoms with van der Waals surface area (Å²) in [4.78, 5) is 15.8. The standard InChI is InChI=1S/C25H33FN4O2/c1-4-27-25(28-14-13-19-7-10-22(11-8-19)30-18(3)31)29-17(2)21-9-12-24(23(26)15-21)32-16-20-5-6-20/h7-12,15,17,20H,4-6,13-14,16H2,1-3H3,(H,30,31)(H2,27,28,29). The van der Waals surface area contributed by atoms with Crippen LogP contribution in [0.2, 0.25) is 0 Å². The van der Waals surface area contributed by atoms with Gasteiger partial charge in [0.1, 0.15) is 0 Å². The zero-order valence-electron chi connectivity index (χ0n) is 19.1. The van der Waals surface area contributed by atoms with Crippen molar-refractivity contribution >= 4 is 17.6 Å². The van der Waals surface area contributed by atoms with Crippen molar-refractivity contribution < 1.29 is 13.9 Å². The summed E-state index contributed by atoms with van der Waals surface area (Å²) in [7, 11) is 0. The third-order valence-corrected chi connectivity index (χ3v) is 5.27. The molecule has 7 heteroatoms. The number of nitrogens with one attached hydrogen (secondary N) is 3. The van der Waals surface area contributed by atoms with Crippen molar-refractivity contribution in [1.29, 1.82) is 0 Å². The molecule has 0 aliphatic heterocycles. The highest BCUT2D eigenvalue weighted by Crippen LogP contribution is 2.30. The van der Waals surface area contributed by atoms with Gasteiger partial charge in [0.2, 0.25) is 5.91 Å². The Bertz CT molecular complexity index is 926. The second-order valence-corrected chi connectivity index (χ2v) is 8.20. The van der Waals surface area contributed by atoms with E-state index in [1.54, 1.807) is 6.07 Å². The van der Waals surface area contributed by atoms with E-state index in [0.717, 1.165) is 29.8 Å².